The number of para-hydroxylation sites is 1. The van der Waals surface area contributed by atoms with E-state index in [2.05, 4.69) is 9.89 Å². The number of hydrogen-bond acceptors (Lipinski definition) is 4. The van der Waals surface area contributed by atoms with Crippen LogP contribution in [0, 0.1) is 5.92 Å². The molecule has 0 radical (unpaired) electrons. The van der Waals surface area contributed by atoms with Crippen molar-refractivity contribution in [2.45, 2.75) is 19.3 Å². The van der Waals surface area contributed by atoms with Gasteiger partial charge in [0.1, 0.15) is 5.75 Å². The second-order valence-electron chi connectivity index (χ2n) is 7.21. The van der Waals surface area contributed by atoms with Crippen molar-refractivity contribution in [1.82, 2.24) is 4.90 Å². The minimum absolute atomic E-state index is 0.182. The van der Waals surface area contributed by atoms with Crippen LogP contribution in [-0.2, 0) is 4.79 Å². The molecule has 0 aromatic heterocycles. The zero-order chi connectivity index (χ0) is 20.6. The van der Waals surface area contributed by atoms with Gasteiger partial charge in [0, 0.05) is 24.4 Å². The molecule has 0 aliphatic carbocycles. The Morgan fingerprint density at radius 3 is 2.52 bits per heavy atom. The van der Waals surface area contributed by atoms with Crippen LogP contribution in [-0.4, -0.2) is 47.4 Å². The van der Waals surface area contributed by atoms with E-state index in [0.29, 0.717) is 17.5 Å². The fraction of sp³-hybridized carbons (Fsp3) is 0.364. The summed E-state index contributed by atoms with van der Waals surface area (Å²) in [4.78, 5) is 16.4. The largest absolute Gasteiger partial charge is 0.494 e. The molecule has 1 fully saturated rings. The highest BCUT2D eigenvalue weighted by Gasteiger charge is 2.23. The number of nitrogens with one attached hydrogen (secondary N) is 1. The lowest BCUT2D eigenvalue weighted by Gasteiger charge is -2.29. The molecule has 1 heterocycles. The van der Waals surface area contributed by atoms with Gasteiger partial charge in [-0.25, -0.2) is 0 Å². The minimum atomic E-state index is -0.669. The fourth-order valence-electron chi connectivity index (χ4n) is 3.41. The Balaban J connectivity index is 1.42. The quantitative estimate of drug-likeness (QED) is 0.349. The molecule has 0 spiro atoms. The van der Waals surface area contributed by atoms with Gasteiger partial charge in [-0.3, -0.25) is 4.79 Å². The molecule has 7 heteroatoms. The molecule has 0 atom stereocenters. The van der Waals surface area contributed by atoms with E-state index in [0.717, 1.165) is 55.9 Å². The van der Waals surface area contributed by atoms with Crippen LogP contribution in [0.25, 0.3) is 0 Å². The predicted octanol–water partition coefficient (Wildman–Crippen LogP) is 2.23. The van der Waals surface area contributed by atoms with E-state index in [1.165, 1.54) is 0 Å². The number of rotatable bonds is 8. The maximum Gasteiger partial charge on any atom is 0.306 e. The Morgan fingerprint density at radius 2 is 1.86 bits per heavy atom. The molecule has 0 saturated carbocycles. The standard InChI is InChI=1S/C22H26ClN3O3/c23-21(19-4-1-2-5-20(19)24)25-17-6-8-18(9-7-17)29-15-3-12-26-13-10-16(11-14-26)22(27)28/h1-2,4-9,16H,3,10-15,24H2,(H,27,28)/p+1. The van der Waals surface area contributed by atoms with Crippen LogP contribution in [0.1, 0.15) is 24.8 Å². The fourth-order valence-corrected chi connectivity index (χ4v) is 3.69. The molecule has 1 aliphatic heterocycles. The molecule has 154 valence electrons. The van der Waals surface area contributed by atoms with Crippen LogP contribution in [0.5, 0.6) is 5.75 Å². The molecule has 1 saturated heterocycles. The number of anilines is 1. The van der Waals surface area contributed by atoms with Gasteiger partial charge in [-0.1, -0.05) is 12.1 Å². The summed E-state index contributed by atoms with van der Waals surface area (Å²) in [5.41, 5.74) is 8.19. The van der Waals surface area contributed by atoms with Gasteiger partial charge in [-0.05, 0) is 68.2 Å². The summed E-state index contributed by atoms with van der Waals surface area (Å²) >= 11 is 6.35. The lowest BCUT2D eigenvalue weighted by atomic mass is 9.97. The van der Waals surface area contributed by atoms with Crippen molar-refractivity contribution in [1.29, 1.82) is 0 Å². The second kappa shape index (κ2) is 10.3. The smallest absolute Gasteiger partial charge is 0.306 e. The predicted molar refractivity (Wildman–Crippen MR) is 115 cm³/mol. The molecule has 0 amide bonds. The van der Waals surface area contributed by atoms with Crippen molar-refractivity contribution in [3.63, 3.8) is 0 Å². The molecule has 2 aromatic rings. The van der Waals surface area contributed by atoms with Gasteiger partial charge in [0.05, 0.1) is 18.1 Å². The number of nitrogens with zero attached hydrogens (tertiary/aromatic N) is 1. The number of halogens is 1. The van der Waals surface area contributed by atoms with E-state index in [-0.39, 0.29) is 5.92 Å². The average Bonchev–Trinajstić information content (AvgIpc) is 2.73. The number of carboxylic acids is 1. The lowest BCUT2D eigenvalue weighted by molar-refractivity contribution is -0.349. The molecule has 4 N–H and O–H groups in total. The summed E-state index contributed by atoms with van der Waals surface area (Å²) in [6.45, 7) is 3.25. The number of hydrogen-bond donors (Lipinski definition) is 3. The number of aliphatic carboxylic acids is 1. The van der Waals surface area contributed by atoms with E-state index in [1.807, 2.05) is 48.5 Å². The third-order valence-electron chi connectivity index (χ3n) is 5.13. The molecule has 2 aromatic carbocycles. The van der Waals surface area contributed by atoms with E-state index >= 15 is 0 Å². The normalized spacial score (nSPS) is 16.0. The third-order valence-corrected chi connectivity index (χ3v) is 5.43. The topological polar surface area (TPSA) is 89.8 Å². The molecule has 29 heavy (non-hydrogen) atoms. The van der Waals surface area contributed by atoms with Gasteiger partial charge < -0.3 is 20.5 Å². The summed E-state index contributed by atoms with van der Waals surface area (Å²) in [5.74, 6) is -0.0498. The molecule has 0 bridgehead atoms. The van der Waals surface area contributed by atoms with Gasteiger partial charge in [-0.15, -0.1) is 0 Å². The van der Waals surface area contributed by atoms with Gasteiger partial charge >= 0.3 is 5.97 Å². The lowest BCUT2D eigenvalue weighted by Crippen LogP contribution is -2.65. The molecular weight excluding hydrogens is 390 g/mol. The molecule has 0 unspecified atom stereocenters. The zero-order valence-electron chi connectivity index (χ0n) is 16.3. The summed E-state index contributed by atoms with van der Waals surface area (Å²) < 4.78 is 5.81. The van der Waals surface area contributed by atoms with E-state index < -0.39 is 5.97 Å². The van der Waals surface area contributed by atoms with E-state index in [9.17, 15) is 4.79 Å². The number of carbonyl (C=O) groups is 1. The summed E-state index contributed by atoms with van der Waals surface area (Å²) in [7, 11) is 0. The first kappa shape index (κ1) is 21.1. The number of nitrogen functional groups attached to an aromatic ring is 1. The van der Waals surface area contributed by atoms with Crippen molar-refractivity contribution in [2.75, 3.05) is 32.0 Å². The van der Waals surface area contributed by atoms with Crippen LogP contribution in [0.15, 0.2) is 48.5 Å². The van der Waals surface area contributed by atoms with Crippen LogP contribution in [0.4, 0.5) is 11.4 Å². The monoisotopic (exact) mass is 416 g/mol. The first-order valence-electron chi connectivity index (χ1n) is 9.85. The number of ether oxygens (including phenoxy) is 1. The Morgan fingerprint density at radius 1 is 1.17 bits per heavy atom. The molecular formula is C22H27ClN3O3+. The highest BCUT2D eigenvalue weighted by molar-refractivity contribution is 6.68. The van der Waals surface area contributed by atoms with Crippen LogP contribution in [0.2, 0.25) is 0 Å². The first-order chi connectivity index (χ1) is 14.0. The zero-order valence-corrected chi connectivity index (χ0v) is 17.1. The van der Waals surface area contributed by atoms with Gasteiger partial charge in [0.2, 0.25) is 5.69 Å². The number of benzene rings is 2. The minimum Gasteiger partial charge on any atom is -0.494 e. The van der Waals surface area contributed by atoms with Crippen molar-refractivity contribution in [3.05, 3.63) is 54.1 Å². The highest BCUT2D eigenvalue weighted by atomic mass is 35.5. The Labute approximate surface area is 175 Å². The van der Waals surface area contributed by atoms with E-state index in [4.69, 9.17) is 27.2 Å². The molecule has 6 nitrogen and oxygen atoms in total. The average molecular weight is 417 g/mol. The van der Waals surface area contributed by atoms with Crippen molar-refractivity contribution >= 4 is 34.1 Å². The number of nitrogens with two attached hydrogens (primary N) is 1. The Kier molecular flexibility index (Phi) is 7.49. The summed E-state index contributed by atoms with van der Waals surface area (Å²) in [5, 5.41) is 9.52. The van der Waals surface area contributed by atoms with Crippen molar-refractivity contribution in [3.8, 4) is 5.75 Å². The van der Waals surface area contributed by atoms with Crippen molar-refractivity contribution < 1.29 is 19.6 Å². The second-order valence-corrected chi connectivity index (χ2v) is 7.58. The van der Waals surface area contributed by atoms with Crippen LogP contribution in [0.3, 0.4) is 0 Å². The van der Waals surface area contributed by atoms with Crippen LogP contribution < -0.4 is 15.5 Å². The molecule has 1 aliphatic rings. The maximum atomic E-state index is 11.0. The van der Waals surface area contributed by atoms with Gasteiger partial charge in [-0.2, -0.15) is 4.99 Å². The van der Waals surface area contributed by atoms with Gasteiger partial charge in [0.25, 0.3) is 5.17 Å². The van der Waals surface area contributed by atoms with Crippen LogP contribution >= 0.6 is 11.6 Å². The summed E-state index contributed by atoms with van der Waals surface area (Å²) in [6, 6.07) is 15.1. The Hall–Kier alpha value is -2.57. The first-order valence-corrected chi connectivity index (χ1v) is 10.2. The summed E-state index contributed by atoms with van der Waals surface area (Å²) in [6.07, 6.45) is 2.38. The molecule has 3 rings (SSSR count). The SMILES string of the molecule is Nc1ccccc1C(Cl)=[NH+]c1ccc(OCCCN2CCC(C(=O)O)CC2)cc1. The number of piperidine rings is 1. The number of likely N-dealkylation sites (tertiary alicyclic amines) is 1. The number of carboxylic acid groups (broad SMARTS) is 1. The van der Waals surface area contributed by atoms with Crippen molar-refractivity contribution in [2.24, 2.45) is 5.92 Å². The third kappa shape index (κ3) is 6.21. The van der Waals surface area contributed by atoms with E-state index in [1.54, 1.807) is 0 Å². The Bertz CT molecular complexity index is 847. The highest BCUT2D eigenvalue weighted by Crippen LogP contribution is 2.18. The maximum absolute atomic E-state index is 11.0. The van der Waals surface area contributed by atoms with Gasteiger partial charge in [0.15, 0.2) is 0 Å².